The zero-order valence-electron chi connectivity index (χ0n) is 14.9. The van der Waals surface area contributed by atoms with Crippen molar-refractivity contribution in [3.63, 3.8) is 0 Å². The Morgan fingerprint density at radius 1 is 1.00 bits per heavy atom. The van der Waals surface area contributed by atoms with Crippen LogP contribution in [0.5, 0.6) is 17.2 Å². The van der Waals surface area contributed by atoms with Gasteiger partial charge in [-0.1, -0.05) is 12.1 Å². The Morgan fingerprint density at radius 3 is 2.26 bits per heavy atom. The molecule has 0 spiro atoms. The molecule has 0 fully saturated rings. The molecular weight excluding hydrogens is 479 g/mol. The first kappa shape index (κ1) is 19.4. The van der Waals surface area contributed by atoms with Crippen molar-refractivity contribution >= 4 is 45.0 Å². The molecule has 0 aliphatic heterocycles. The SMILES string of the molecule is COc1cc(OC)c(C(=O)Nc2nc(-c3ccc(I)cc3)cs2)cc1OC. The van der Waals surface area contributed by atoms with Gasteiger partial charge in [-0.25, -0.2) is 4.98 Å². The molecule has 0 aliphatic rings. The minimum absolute atomic E-state index is 0.334. The van der Waals surface area contributed by atoms with Gasteiger partial charge in [0.2, 0.25) is 0 Å². The number of carbonyl (C=O) groups excluding carboxylic acids is 1. The summed E-state index contributed by atoms with van der Waals surface area (Å²) < 4.78 is 17.0. The molecule has 2 aromatic carbocycles. The van der Waals surface area contributed by atoms with Gasteiger partial charge in [-0.15, -0.1) is 11.3 Å². The highest BCUT2D eigenvalue weighted by molar-refractivity contribution is 14.1. The number of hydrogen-bond donors (Lipinski definition) is 1. The Labute approximate surface area is 174 Å². The molecule has 3 aromatic rings. The maximum absolute atomic E-state index is 12.7. The zero-order chi connectivity index (χ0) is 19.4. The second kappa shape index (κ2) is 8.57. The predicted octanol–water partition coefficient (Wildman–Crippen LogP) is 4.69. The smallest absolute Gasteiger partial charge is 0.261 e. The quantitative estimate of drug-likeness (QED) is 0.502. The summed E-state index contributed by atoms with van der Waals surface area (Å²) in [5.74, 6) is 0.985. The number of rotatable bonds is 6. The third-order valence-corrected chi connectivity index (χ3v) is 5.29. The van der Waals surface area contributed by atoms with Crippen molar-refractivity contribution in [2.45, 2.75) is 0 Å². The molecule has 0 atom stereocenters. The summed E-state index contributed by atoms with van der Waals surface area (Å²) in [5.41, 5.74) is 2.14. The number of amides is 1. The number of aromatic nitrogens is 1. The molecule has 1 N–H and O–H groups in total. The van der Waals surface area contributed by atoms with E-state index < -0.39 is 0 Å². The number of nitrogens with one attached hydrogen (secondary N) is 1. The third kappa shape index (κ3) is 4.33. The second-order valence-corrected chi connectivity index (χ2v) is 7.51. The first-order valence-corrected chi connectivity index (χ1v) is 9.84. The maximum atomic E-state index is 12.7. The van der Waals surface area contributed by atoms with Crippen LogP contribution in [-0.4, -0.2) is 32.2 Å². The first-order chi connectivity index (χ1) is 13.0. The van der Waals surface area contributed by atoms with Gasteiger partial charge in [0, 0.05) is 26.6 Å². The molecule has 1 aromatic heterocycles. The summed E-state index contributed by atoms with van der Waals surface area (Å²) >= 11 is 3.62. The van der Waals surface area contributed by atoms with E-state index in [1.165, 1.54) is 32.7 Å². The number of methoxy groups -OCH3 is 3. The van der Waals surface area contributed by atoms with Crippen molar-refractivity contribution in [1.29, 1.82) is 0 Å². The fourth-order valence-electron chi connectivity index (χ4n) is 2.46. The van der Waals surface area contributed by atoms with Crippen molar-refractivity contribution in [3.05, 3.63) is 50.9 Å². The van der Waals surface area contributed by atoms with Gasteiger partial charge >= 0.3 is 0 Å². The van der Waals surface area contributed by atoms with E-state index in [-0.39, 0.29) is 5.91 Å². The predicted molar refractivity (Wildman–Crippen MR) is 114 cm³/mol. The number of nitrogens with zero attached hydrogens (tertiary/aromatic N) is 1. The Bertz CT molecular complexity index is 957. The molecular formula is C19H17IN2O4S. The zero-order valence-corrected chi connectivity index (χ0v) is 17.9. The third-order valence-electron chi connectivity index (χ3n) is 3.81. The fourth-order valence-corrected chi connectivity index (χ4v) is 3.53. The van der Waals surface area contributed by atoms with Crippen LogP contribution in [0.15, 0.2) is 41.8 Å². The van der Waals surface area contributed by atoms with Crippen molar-refractivity contribution in [2.24, 2.45) is 0 Å². The van der Waals surface area contributed by atoms with E-state index in [0.717, 1.165) is 14.8 Å². The molecule has 0 unspecified atom stereocenters. The van der Waals surface area contributed by atoms with E-state index in [2.05, 4.69) is 32.9 Å². The molecule has 0 saturated heterocycles. The molecule has 3 rings (SSSR count). The van der Waals surface area contributed by atoms with Gasteiger partial charge in [0.1, 0.15) is 5.75 Å². The Hall–Kier alpha value is -2.33. The van der Waals surface area contributed by atoms with E-state index in [1.54, 1.807) is 12.1 Å². The highest BCUT2D eigenvalue weighted by Gasteiger charge is 2.19. The summed E-state index contributed by atoms with van der Waals surface area (Å²) in [4.78, 5) is 17.2. The van der Waals surface area contributed by atoms with Crippen LogP contribution in [0.3, 0.4) is 0 Å². The second-order valence-electron chi connectivity index (χ2n) is 5.41. The lowest BCUT2D eigenvalue weighted by atomic mass is 10.1. The van der Waals surface area contributed by atoms with Gasteiger partial charge in [-0.05, 0) is 34.7 Å². The van der Waals surface area contributed by atoms with Crippen LogP contribution in [-0.2, 0) is 0 Å². The Balaban J connectivity index is 1.84. The van der Waals surface area contributed by atoms with Crippen LogP contribution >= 0.6 is 33.9 Å². The number of anilines is 1. The maximum Gasteiger partial charge on any atom is 0.261 e. The molecule has 0 saturated carbocycles. The van der Waals surface area contributed by atoms with Crippen molar-refractivity contribution < 1.29 is 19.0 Å². The number of hydrogen-bond acceptors (Lipinski definition) is 6. The van der Waals surface area contributed by atoms with Crippen LogP contribution in [0, 0.1) is 3.57 Å². The van der Waals surface area contributed by atoms with Gasteiger partial charge in [0.15, 0.2) is 16.6 Å². The van der Waals surface area contributed by atoms with E-state index in [1.807, 2.05) is 29.6 Å². The Kier molecular flexibility index (Phi) is 6.17. The minimum atomic E-state index is -0.337. The average molecular weight is 496 g/mol. The molecule has 1 heterocycles. The van der Waals surface area contributed by atoms with Gasteiger partial charge in [0.25, 0.3) is 5.91 Å². The summed E-state index contributed by atoms with van der Waals surface area (Å²) in [6.07, 6.45) is 0. The van der Waals surface area contributed by atoms with Crippen LogP contribution in [0.25, 0.3) is 11.3 Å². The van der Waals surface area contributed by atoms with Gasteiger partial charge in [-0.2, -0.15) is 0 Å². The topological polar surface area (TPSA) is 69.7 Å². The molecule has 6 nitrogen and oxygen atoms in total. The van der Waals surface area contributed by atoms with Gasteiger partial charge in [-0.3, -0.25) is 10.1 Å². The largest absolute Gasteiger partial charge is 0.496 e. The van der Waals surface area contributed by atoms with Crippen LogP contribution in [0.1, 0.15) is 10.4 Å². The first-order valence-electron chi connectivity index (χ1n) is 7.88. The molecule has 8 heteroatoms. The lowest BCUT2D eigenvalue weighted by Gasteiger charge is -2.13. The van der Waals surface area contributed by atoms with Crippen molar-refractivity contribution in [1.82, 2.24) is 4.98 Å². The van der Waals surface area contributed by atoms with Crippen LogP contribution in [0.2, 0.25) is 0 Å². The number of thiazole rings is 1. The highest BCUT2D eigenvalue weighted by Crippen LogP contribution is 2.35. The van der Waals surface area contributed by atoms with Gasteiger partial charge in [0.05, 0.1) is 32.6 Å². The van der Waals surface area contributed by atoms with E-state index in [9.17, 15) is 4.79 Å². The minimum Gasteiger partial charge on any atom is -0.496 e. The van der Waals surface area contributed by atoms with Crippen molar-refractivity contribution in [2.75, 3.05) is 26.6 Å². The van der Waals surface area contributed by atoms with E-state index in [0.29, 0.717) is 27.9 Å². The summed E-state index contributed by atoms with van der Waals surface area (Å²) in [5, 5.41) is 5.23. The standard InChI is InChI=1S/C19H17IN2O4S/c1-24-15-9-17(26-3)16(25-2)8-13(15)18(23)22-19-21-14(10-27-19)11-4-6-12(20)7-5-11/h4-10H,1-3H3,(H,21,22,23). The lowest BCUT2D eigenvalue weighted by molar-refractivity contribution is 0.102. The highest BCUT2D eigenvalue weighted by atomic mass is 127. The number of ether oxygens (including phenoxy) is 3. The molecule has 0 bridgehead atoms. The molecule has 0 radical (unpaired) electrons. The normalized spacial score (nSPS) is 10.4. The number of halogens is 1. The molecule has 27 heavy (non-hydrogen) atoms. The van der Waals surface area contributed by atoms with E-state index >= 15 is 0 Å². The number of carbonyl (C=O) groups is 1. The summed E-state index contributed by atoms with van der Waals surface area (Å²) in [6, 6.07) is 11.2. The number of benzene rings is 2. The van der Waals surface area contributed by atoms with Crippen LogP contribution < -0.4 is 19.5 Å². The Morgan fingerprint density at radius 2 is 1.63 bits per heavy atom. The lowest BCUT2D eigenvalue weighted by Crippen LogP contribution is -2.13. The van der Waals surface area contributed by atoms with E-state index in [4.69, 9.17) is 14.2 Å². The molecule has 1 amide bonds. The van der Waals surface area contributed by atoms with Crippen molar-refractivity contribution in [3.8, 4) is 28.5 Å². The fraction of sp³-hybridized carbons (Fsp3) is 0.158. The van der Waals surface area contributed by atoms with Gasteiger partial charge < -0.3 is 14.2 Å². The average Bonchev–Trinajstić information content (AvgIpc) is 3.15. The van der Waals surface area contributed by atoms with Crippen LogP contribution in [0.4, 0.5) is 5.13 Å². The summed E-state index contributed by atoms with van der Waals surface area (Å²) in [7, 11) is 4.54. The molecule has 0 aliphatic carbocycles. The molecule has 140 valence electrons. The monoisotopic (exact) mass is 496 g/mol. The summed E-state index contributed by atoms with van der Waals surface area (Å²) in [6.45, 7) is 0.